The first-order valence-corrected chi connectivity index (χ1v) is 12.7. The number of piperidine rings is 1. The Kier molecular flexibility index (Phi) is 6.49. The van der Waals surface area contributed by atoms with Gasteiger partial charge in [0.25, 0.3) is 0 Å². The maximum absolute atomic E-state index is 12.2. The van der Waals surface area contributed by atoms with Gasteiger partial charge in [0.05, 0.1) is 22.5 Å². The van der Waals surface area contributed by atoms with Crippen molar-refractivity contribution in [3.8, 4) is 5.75 Å². The predicted molar refractivity (Wildman–Crippen MR) is 134 cm³/mol. The van der Waals surface area contributed by atoms with Gasteiger partial charge in [0, 0.05) is 36.7 Å². The highest BCUT2D eigenvalue weighted by Crippen LogP contribution is 2.47. The van der Waals surface area contributed by atoms with Gasteiger partial charge >= 0.3 is 12.1 Å². The van der Waals surface area contributed by atoms with Crippen LogP contribution in [0.15, 0.2) is 36.4 Å². The Morgan fingerprint density at radius 3 is 2.34 bits per heavy atom. The zero-order chi connectivity index (χ0) is 24.9. The molecule has 0 spiro atoms. The zero-order valence-corrected chi connectivity index (χ0v) is 20.9. The summed E-state index contributed by atoms with van der Waals surface area (Å²) in [7, 11) is 0. The van der Waals surface area contributed by atoms with Crippen LogP contribution in [0, 0.1) is 12.8 Å². The van der Waals surface area contributed by atoms with E-state index in [-0.39, 0.29) is 18.1 Å². The van der Waals surface area contributed by atoms with Gasteiger partial charge in [-0.2, -0.15) is 0 Å². The number of fused-ring (bicyclic) bond motifs is 2. The molecule has 3 fully saturated rings. The van der Waals surface area contributed by atoms with Crippen LogP contribution in [-0.2, 0) is 4.79 Å². The molecule has 0 aromatic heterocycles. The Morgan fingerprint density at radius 2 is 1.71 bits per heavy atom. The molecule has 0 aliphatic carbocycles. The van der Waals surface area contributed by atoms with Crippen molar-refractivity contribution in [1.29, 1.82) is 0 Å². The van der Waals surface area contributed by atoms with E-state index in [0.29, 0.717) is 35.2 Å². The third-order valence-electron chi connectivity index (χ3n) is 7.68. The molecule has 9 heteroatoms. The topological polar surface area (TPSA) is 90.3 Å². The Bertz CT molecular complexity index is 1120. The van der Waals surface area contributed by atoms with Crippen molar-refractivity contribution in [3.05, 3.63) is 57.6 Å². The van der Waals surface area contributed by atoms with Crippen LogP contribution in [0.25, 0.3) is 0 Å². The summed E-state index contributed by atoms with van der Waals surface area (Å²) < 4.78 is 6.14. The molecule has 5 rings (SSSR count). The SMILES string of the molecule is Cc1cc(Cl)c(O[C@@H]2CCN(c3ccc([C@@H]4C[C@H]5CC[C@@H]([C@H]4C(=O)O)N5C(=O)O)cc3)C2)c(Cl)c1. The van der Waals surface area contributed by atoms with E-state index in [1.54, 1.807) is 0 Å². The standard InChI is InChI=1S/C26H28Cl2N2O5/c1-14-10-20(27)24(21(28)11-14)35-18-8-9-29(13-18)16-4-2-15(3-5-16)19-12-17-6-7-22(23(19)25(31)32)30(17)26(33)34/h2-5,10-11,17-19,22-23H,6-9,12-13H2,1H3,(H,31,32)(H,33,34)/t17-,18-,19+,22+,23+/m1/s1. The van der Waals surface area contributed by atoms with E-state index in [2.05, 4.69) is 4.90 Å². The number of aliphatic carboxylic acids is 1. The summed E-state index contributed by atoms with van der Waals surface area (Å²) in [5, 5.41) is 20.6. The van der Waals surface area contributed by atoms with E-state index >= 15 is 0 Å². The lowest BCUT2D eigenvalue weighted by Crippen LogP contribution is -2.52. The quantitative estimate of drug-likeness (QED) is 0.530. The monoisotopic (exact) mass is 518 g/mol. The highest BCUT2D eigenvalue weighted by molar-refractivity contribution is 6.37. The molecule has 5 atom stereocenters. The molecule has 186 valence electrons. The van der Waals surface area contributed by atoms with Crippen LogP contribution in [-0.4, -0.2) is 58.5 Å². The van der Waals surface area contributed by atoms with Gasteiger partial charge in [-0.05, 0) is 61.6 Å². The average Bonchev–Trinajstić information content (AvgIpc) is 3.39. The summed E-state index contributed by atoms with van der Waals surface area (Å²) in [6.45, 7) is 3.45. The maximum Gasteiger partial charge on any atom is 0.407 e. The fourth-order valence-electron chi connectivity index (χ4n) is 6.14. The van der Waals surface area contributed by atoms with Crippen LogP contribution >= 0.6 is 23.2 Å². The summed E-state index contributed by atoms with van der Waals surface area (Å²) in [6, 6.07) is 11.1. The molecular weight excluding hydrogens is 491 g/mol. The van der Waals surface area contributed by atoms with Crippen LogP contribution in [0.3, 0.4) is 0 Å². The molecule has 0 unspecified atom stereocenters. The van der Waals surface area contributed by atoms with E-state index < -0.39 is 24.0 Å². The molecule has 1 amide bonds. The minimum absolute atomic E-state index is 0.0419. The van der Waals surface area contributed by atoms with E-state index in [9.17, 15) is 19.8 Å². The van der Waals surface area contributed by atoms with Crippen LogP contribution in [0.5, 0.6) is 5.75 Å². The molecule has 7 nitrogen and oxygen atoms in total. The van der Waals surface area contributed by atoms with Crippen molar-refractivity contribution in [2.75, 3.05) is 18.0 Å². The number of nitrogens with zero attached hydrogens (tertiary/aromatic N) is 2. The average molecular weight is 519 g/mol. The Balaban J connectivity index is 1.28. The third-order valence-corrected chi connectivity index (χ3v) is 8.25. The fraction of sp³-hybridized carbons (Fsp3) is 0.462. The zero-order valence-electron chi connectivity index (χ0n) is 19.4. The van der Waals surface area contributed by atoms with Gasteiger partial charge in [-0.3, -0.25) is 4.79 Å². The number of carbonyl (C=O) groups is 2. The number of hydrogen-bond acceptors (Lipinski definition) is 4. The normalized spacial score (nSPS) is 27.8. The minimum atomic E-state index is -1.02. The fourth-order valence-corrected chi connectivity index (χ4v) is 6.82. The molecule has 3 heterocycles. The third kappa shape index (κ3) is 4.52. The van der Waals surface area contributed by atoms with E-state index in [4.69, 9.17) is 27.9 Å². The molecule has 2 N–H and O–H groups in total. The summed E-state index contributed by atoms with van der Waals surface area (Å²) in [5.41, 5.74) is 2.97. The van der Waals surface area contributed by atoms with Crippen molar-refractivity contribution in [1.82, 2.24) is 4.90 Å². The molecule has 3 aliphatic rings. The second kappa shape index (κ2) is 9.43. The molecular formula is C26H28Cl2N2O5. The Hall–Kier alpha value is -2.64. The smallest absolute Gasteiger partial charge is 0.407 e. The maximum atomic E-state index is 12.2. The summed E-state index contributed by atoms with van der Waals surface area (Å²) in [5.74, 6) is -1.34. The minimum Gasteiger partial charge on any atom is -0.485 e. The van der Waals surface area contributed by atoms with Crippen molar-refractivity contribution < 1.29 is 24.5 Å². The Morgan fingerprint density at radius 1 is 1.03 bits per heavy atom. The van der Waals surface area contributed by atoms with Crippen molar-refractivity contribution in [2.24, 2.45) is 5.92 Å². The van der Waals surface area contributed by atoms with Crippen molar-refractivity contribution in [3.63, 3.8) is 0 Å². The lowest BCUT2D eigenvalue weighted by molar-refractivity contribution is -0.146. The second-order valence-electron chi connectivity index (χ2n) is 9.82. The first kappa shape index (κ1) is 24.1. The number of benzene rings is 2. The Labute approximate surface area is 214 Å². The molecule has 3 saturated heterocycles. The molecule has 35 heavy (non-hydrogen) atoms. The molecule has 0 saturated carbocycles. The number of rotatable bonds is 5. The van der Waals surface area contributed by atoms with Crippen LogP contribution < -0.4 is 9.64 Å². The molecule has 3 aliphatic heterocycles. The number of aryl methyl sites for hydroxylation is 1. The van der Waals surface area contributed by atoms with Gasteiger partial charge in [-0.15, -0.1) is 0 Å². The summed E-state index contributed by atoms with van der Waals surface area (Å²) >= 11 is 12.7. The number of carboxylic acid groups (broad SMARTS) is 2. The van der Waals surface area contributed by atoms with Gasteiger partial charge in [-0.25, -0.2) is 4.79 Å². The number of amides is 1. The van der Waals surface area contributed by atoms with Crippen LogP contribution in [0.2, 0.25) is 10.0 Å². The first-order valence-electron chi connectivity index (χ1n) is 11.9. The second-order valence-corrected chi connectivity index (χ2v) is 10.6. The van der Waals surface area contributed by atoms with Gasteiger partial charge in [0.1, 0.15) is 6.10 Å². The van der Waals surface area contributed by atoms with Gasteiger partial charge < -0.3 is 24.7 Å². The van der Waals surface area contributed by atoms with E-state index in [1.807, 2.05) is 43.3 Å². The predicted octanol–water partition coefficient (Wildman–Crippen LogP) is 5.66. The number of anilines is 1. The highest BCUT2D eigenvalue weighted by atomic mass is 35.5. The number of halogens is 2. The molecule has 2 bridgehead atoms. The number of hydrogen-bond donors (Lipinski definition) is 2. The van der Waals surface area contributed by atoms with Gasteiger partial charge in [0.15, 0.2) is 5.75 Å². The summed E-state index contributed by atoms with van der Waals surface area (Å²) in [4.78, 5) is 27.5. The molecule has 0 radical (unpaired) electrons. The lowest BCUT2D eigenvalue weighted by Gasteiger charge is -2.41. The number of ether oxygens (including phenoxy) is 1. The summed E-state index contributed by atoms with van der Waals surface area (Å²) in [6.07, 6.45) is 1.64. The highest BCUT2D eigenvalue weighted by Gasteiger charge is 2.52. The van der Waals surface area contributed by atoms with E-state index in [0.717, 1.165) is 36.2 Å². The number of carboxylic acids is 1. The van der Waals surface area contributed by atoms with Gasteiger partial charge in [-0.1, -0.05) is 35.3 Å². The first-order chi connectivity index (χ1) is 16.7. The molecule has 2 aromatic rings. The van der Waals surface area contributed by atoms with Crippen molar-refractivity contribution >= 4 is 41.0 Å². The van der Waals surface area contributed by atoms with Crippen molar-refractivity contribution in [2.45, 2.75) is 56.7 Å². The van der Waals surface area contributed by atoms with Gasteiger partial charge in [0.2, 0.25) is 0 Å². The molecule has 2 aromatic carbocycles. The van der Waals surface area contributed by atoms with Crippen LogP contribution in [0.1, 0.15) is 42.7 Å². The largest absolute Gasteiger partial charge is 0.485 e. The van der Waals surface area contributed by atoms with Crippen LogP contribution in [0.4, 0.5) is 10.5 Å². The lowest BCUT2D eigenvalue weighted by atomic mass is 9.76. The van der Waals surface area contributed by atoms with E-state index in [1.165, 1.54) is 4.90 Å².